The summed E-state index contributed by atoms with van der Waals surface area (Å²) >= 11 is 5.60. The molecule has 76 valence electrons. The van der Waals surface area contributed by atoms with Crippen molar-refractivity contribution < 1.29 is 0 Å². The molecule has 0 aliphatic rings. The zero-order valence-electron chi connectivity index (χ0n) is 7.44. The van der Waals surface area contributed by atoms with Gasteiger partial charge >= 0.3 is 0 Å². The molecule has 0 fully saturated rings. The van der Waals surface area contributed by atoms with E-state index in [1.807, 2.05) is 0 Å². The van der Waals surface area contributed by atoms with E-state index < -0.39 is 0 Å². The van der Waals surface area contributed by atoms with Gasteiger partial charge < -0.3 is 10.7 Å². The lowest BCUT2D eigenvalue weighted by Crippen LogP contribution is -2.07. The highest BCUT2D eigenvalue weighted by atomic mass is 35.5. The average molecular weight is 224 g/mol. The molecule has 0 saturated heterocycles. The minimum Gasteiger partial charge on any atom is -0.368 e. The third-order valence-corrected chi connectivity index (χ3v) is 1.86. The van der Waals surface area contributed by atoms with E-state index in [0.29, 0.717) is 5.56 Å². The first-order chi connectivity index (χ1) is 7.16. The molecule has 0 atom stereocenters. The van der Waals surface area contributed by atoms with Gasteiger partial charge in [0.25, 0.3) is 0 Å². The van der Waals surface area contributed by atoms with Crippen LogP contribution in [-0.4, -0.2) is 19.9 Å². The summed E-state index contributed by atoms with van der Waals surface area (Å²) in [5.74, 6) is 0.141. The number of anilines is 1. The molecule has 0 aliphatic heterocycles. The smallest absolute Gasteiger partial charge is 0.227 e. The Hall–Kier alpha value is -1.95. The van der Waals surface area contributed by atoms with Crippen LogP contribution in [0.25, 0.3) is 11.4 Å². The summed E-state index contributed by atoms with van der Waals surface area (Å²) in [6.45, 7) is 0. The third kappa shape index (κ3) is 1.94. The molecule has 3 N–H and O–H groups in total. The summed E-state index contributed by atoms with van der Waals surface area (Å²) in [5.41, 5.74) is 5.47. The second-order valence-electron chi connectivity index (χ2n) is 2.71. The molecule has 6 nitrogen and oxygen atoms in total. The number of halogens is 1. The second kappa shape index (κ2) is 3.66. The number of nitrogens with one attached hydrogen (secondary N) is 1. The molecule has 2 aromatic rings. The van der Waals surface area contributed by atoms with Crippen molar-refractivity contribution in [3.8, 4) is 11.4 Å². The molecule has 0 amide bonds. The first-order valence-corrected chi connectivity index (χ1v) is 4.39. The van der Waals surface area contributed by atoms with Crippen LogP contribution < -0.4 is 11.2 Å². The summed E-state index contributed by atoms with van der Waals surface area (Å²) in [4.78, 5) is 25.4. The molecule has 2 rings (SSSR count). The molecule has 0 radical (unpaired) electrons. The minimum absolute atomic E-state index is 0.0201. The van der Waals surface area contributed by atoms with Gasteiger partial charge in [-0.05, 0) is 11.6 Å². The summed E-state index contributed by atoms with van der Waals surface area (Å²) < 4.78 is 0. The highest BCUT2D eigenvalue weighted by Gasteiger charge is 2.08. The predicted octanol–water partition coefficient (Wildman–Crippen LogP) is 0.462. The van der Waals surface area contributed by atoms with Crippen LogP contribution in [0.3, 0.4) is 0 Å². The van der Waals surface area contributed by atoms with Crippen LogP contribution in [0, 0.1) is 0 Å². The summed E-state index contributed by atoms with van der Waals surface area (Å²) in [6, 6.07) is 1.36. The van der Waals surface area contributed by atoms with E-state index in [2.05, 4.69) is 19.9 Å². The maximum Gasteiger partial charge on any atom is 0.227 e. The number of aromatic amines is 1. The molecule has 0 aromatic carbocycles. The van der Waals surface area contributed by atoms with Gasteiger partial charge in [-0.3, -0.25) is 4.79 Å². The van der Waals surface area contributed by atoms with Crippen LogP contribution in [0.15, 0.2) is 23.3 Å². The molecule has 0 spiro atoms. The van der Waals surface area contributed by atoms with Crippen LogP contribution in [0.5, 0.6) is 0 Å². The predicted molar refractivity (Wildman–Crippen MR) is 55.3 cm³/mol. The number of nitrogens with two attached hydrogens (primary N) is 1. The fraction of sp³-hybridized carbons (Fsp3) is 0. The van der Waals surface area contributed by atoms with Crippen LogP contribution in [-0.2, 0) is 0 Å². The number of aromatic nitrogens is 4. The standard InChI is InChI=1S/C8H6ClN5O/c9-7-12-6(13-8(10)14-7)4-3-11-2-1-5(4)15/h1-3H,(H,11,15)(H2,10,12,13,14). The van der Waals surface area contributed by atoms with Gasteiger partial charge in [-0.1, -0.05) is 0 Å². The van der Waals surface area contributed by atoms with Gasteiger partial charge in [0.15, 0.2) is 11.3 Å². The van der Waals surface area contributed by atoms with E-state index in [4.69, 9.17) is 17.3 Å². The monoisotopic (exact) mass is 223 g/mol. The fourth-order valence-electron chi connectivity index (χ4n) is 1.08. The van der Waals surface area contributed by atoms with Gasteiger partial charge in [0.2, 0.25) is 11.2 Å². The maximum atomic E-state index is 11.4. The Morgan fingerprint density at radius 3 is 2.80 bits per heavy atom. The van der Waals surface area contributed by atoms with E-state index in [1.165, 1.54) is 18.5 Å². The summed E-state index contributed by atoms with van der Waals surface area (Å²) in [6.07, 6.45) is 2.99. The van der Waals surface area contributed by atoms with Crippen LogP contribution in [0.1, 0.15) is 0 Å². The van der Waals surface area contributed by atoms with E-state index in [-0.39, 0.29) is 22.5 Å². The van der Waals surface area contributed by atoms with Crippen molar-refractivity contribution in [2.45, 2.75) is 0 Å². The zero-order valence-corrected chi connectivity index (χ0v) is 8.19. The topological polar surface area (TPSA) is 97.5 Å². The Morgan fingerprint density at radius 2 is 2.13 bits per heavy atom. The molecule has 0 unspecified atom stereocenters. The van der Waals surface area contributed by atoms with Crippen LogP contribution in [0.4, 0.5) is 5.95 Å². The first kappa shape index (κ1) is 9.60. The SMILES string of the molecule is Nc1nc(Cl)nc(-c2c[nH]ccc2=O)n1. The molecular formula is C8H6ClN5O. The number of H-pyrrole nitrogens is 1. The maximum absolute atomic E-state index is 11.4. The number of nitrogens with zero attached hydrogens (tertiary/aromatic N) is 3. The lowest BCUT2D eigenvalue weighted by atomic mass is 10.2. The quantitative estimate of drug-likeness (QED) is 0.732. The van der Waals surface area contributed by atoms with Crippen molar-refractivity contribution >= 4 is 17.5 Å². The summed E-state index contributed by atoms with van der Waals surface area (Å²) in [7, 11) is 0. The van der Waals surface area contributed by atoms with Crippen molar-refractivity contribution in [1.82, 2.24) is 19.9 Å². The van der Waals surface area contributed by atoms with Gasteiger partial charge in [-0.2, -0.15) is 15.0 Å². The molecule has 0 saturated carbocycles. The fourth-order valence-corrected chi connectivity index (χ4v) is 1.24. The van der Waals surface area contributed by atoms with Gasteiger partial charge in [0.1, 0.15) is 0 Å². The number of hydrogen-bond acceptors (Lipinski definition) is 5. The van der Waals surface area contributed by atoms with Crippen LogP contribution in [0.2, 0.25) is 5.28 Å². The molecule has 2 heterocycles. The van der Waals surface area contributed by atoms with Crippen molar-refractivity contribution in [1.29, 1.82) is 0 Å². The molecule has 2 aromatic heterocycles. The lowest BCUT2D eigenvalue weighted by Gasteiger charge is -1.99. The van der Waals surface area contributed by atoms with Gasteiger partial charge in [0.05, 0.1) is 5.56 Å². The van der Waals surface area contributed by atoms with Gasteiger partial charge in [0, 0.05) is 18.5 Å². The number of nitrogen functional groups attached to an aromatic ring is 1. The Balaban J connectivity index is 2.64. The summed E-state index contributed by atoms with van der Waals surface area (Å²) in [5, 5.41) is -0.0410. The average Bonchev–Trinajstić information content (AvgIpc) is 2.16. The third-order valence-electron chi connectivity index (χ3n) is 1.69. The highest BCUT2D eigenvalue weighted by Crippen LogP contribution is 2.11. The Bertz CT molecular complexity index is 532. The van der Waals surface area contributed by atoms with E-state index in [0.717, 1.165) is 0 Å². The zero-order chi connectivity index (χ0) is 10.8. The Morgan fingerprint density at radius 1 is 1.33 bits per heavy atom. The Labute approximate surface area is 89.2 Å². The Kier molecular flexibility index (Phi) is 2.34. The minimum atomic E-state index is -0.213. The highest BCUT2D eigenvalue weighted by molar-refractivity contribution is 6.28. The molecule has 0 aliphatic carbocycles. The van der Waals surface area contributed by atoms with Gasteiger partial charge in [-0.15, -0.1) is 0 Å². The largest absolute Gasteiger partial charge is 0.368 e. The van der Waals surface area contributed by atoms with Crippen molar-refractivity contribution in [3.63, 3.8) is 0 Å². The molecular weight excluding hydrogens is 218 g/mol. The normalized spacial score (nSPS) is 10.2. The second-order valence-corrected chi connectivity index (χ2v) is 3.05. The van der Waals surface area contributed by atoms with Crippen molar-refractivity contribution in [2.75, 3.05) is 5.73 Å². The molecule has 15 heavy (non-hydrogen) atoms. The lowest BCUT2D eigenvalue weighted by molar-refractivity contribution is 1.06. The molecule has 0 bridgehead atoms. The number of pyridine rings is 1. The number of rotatable bonds is 1. The number of hydrogen-bond donors (Lipinski definition) is 2. The van der Waals surface area contributed by atoms with E-state index in [1.54, 1.807) is 0 Å². The molecule has 7 heteroatoms. The van der Waals surface area contributed by atoms with Crippen molar-refractivity contribution in [3.05, 3.63) is 34.0 Å². The van der Waals surface area contributed by atoms with E-state index >= 15 is 0 Å². The first-order valence-electron chi connectivity index (χ1n) is 4.01. The van der Waals surface area contributed by atoms with Crippen LogP contribution >= 0.6 is 11.6 Å². The van der Waals surface area contributed by atoms with E-state index in [9.17, 15) is 4.79 Å². The van der Waals surface area contributed by atoms with Gasteiger partial charge in [-0.25, -0.2) is 0 Å². The van der Waals surface area contributed by atoms with Crippen molar-refractivity contribution in [2.24, 2.45) is 0 Å².